The normalized spacial score (nSPS) is 11.3. The zero-order valence-electron chi connectivity index (χ0n) is 18.1. The maximum absolute atomic E-state index is 12.8. The number of alkyl halides is 3. The van der Waals surface area contributed by atoms with Crippen molar-refractivity contribution < 1.29 is 22.8 Å². The number of carbonyl (C=O) groups is 2. The van der Waals surface area contributed by atoms with E-state index in [1.54, 1.807) is 0 Å². The summed E-state index contributed by atoms with van der Waals surface area (Å²) >= 11 is 1.25. The summed E-state index contributed by atoms with van der Waals surface area (Å²) in [6.45, 7) is 4.36. The van der Waals surface area contributed by atoms with Crippen molar-refractivity contribution in [3.8, 4) is 10.6 Å². The maximum Gasteiger partial charge on any atom is 0.416 e. The van der Waals surface area contributed by atoms with Crippen molar-refractivity contribution in [3.05, 3.63) is 65.2 Å². The van der Waals surface area contributed by atoms with Crippen molar-refractivity contribution >= 4 is 28.3 Å². The van der Waals surface area contributed by atoms with Gasteiger partial charge in [-0.2, -0.15) is 13.2 Å². The van der Waals surface area contributed by atoms with E-state index in [0.717, 1.165) is 35.4 Å². The van der Waals surface area contributed by atoms with Crippen LogP contribution in [0.2, 0.25) is 0 Å². The lowest BCUT2D eigenvalue weighted by Gasteiger charge is -2.22. The number of halogens is 3. The van der Waals surface area contributed by atoms with Crippen LogP contribution in [0.4, 0.5) is 18.3 Å². The molecule has 2 aromatic carbocycles. The van der Waals surface area contributed by atoms with Gasteiger partial charge in [-0.25, -0.2) is 0 Å². The molecule has 1 N–H and O–H groups in total. The van der Waals surface area contributed by atoms with Gasteiger partial charge >= 0.3 is 6.18 Å². The van der Waals surface area contributed by atoms with E-state index in [1.165, 1.54) is 16.2 Å². The summed E-state index contributed by atoms with van der Waals surface area (Å²) in [6, 6.07) is 11.8. The molecule has 0 radical (unpaired) electrons. The number of aromatic nitrogens is 2. The number of hydrogen-bond donors (Lipinski definition) is 1. The summed E-state index contributed by atoms with van der Waals surface area (Å²) in [5.74, 6) is -0.751. The van der Waals surface area contributed by atoms with Crippen LogP contribution in [-0.4, -0.2) is 40.0 Å². The summed E-state index contributed by atoms with van der Waals surface area (Å²) < 4.78 is 38.3. The molecule has 6 nitrogen and oxygen atoms in total. The molecular weight excluding hydrogens is 453 g/mol. The lowest BCUT2D eigenvalue weighted by atomic mass is 10.1. The minimum atomic E-state index is -4.47. The topological polar surface area (TPSA) is 75.2 Å². The largest absolute Gasteiger partial charge is 0.416 e. The van der Waals surface area contributed by atoms with E-state index in [0.29, 0.717) is 23.1 Å². The van der Waals surface area contributed by atoms with E-state index in [4.69, 9.17) is 0 Å². The molecule has 1 aromatic heterocycles. The van der Waals surface area contributed by atoms with E-state index in [-0.39, 0.29) is 24.4 Å². The molecule has 0 fully saturated rings. The molecule has 10 heteroatoms. The zero-order chi connectivity index (χ0) is 24.0. The van der Waals surface area contributed by atoms with Gasteiger partial charge in [-0.05, 0) is 43.7 Å². The van der Waals surface area contributed by atoms with Crippen molar-refractivity contribution in [2.75, 3.05) is 18.4 Å². The van der Waals surface area contributed by atoms with Crippen molar-refractivity contribution in [1.29, 1.82) is 0 Å². The second-order valence-electron chi connectivity index (χ2n) is 7.45. The molecule has 174 valence electrons. The molecule has 3 aromatic rings. The first-order valence-electron chi connectivity index (χ1n) is 10.3. The minimum Gasteiger partial charge on any atom is -0.338 e. The third kappa shape index (κ3) is 6.61. The lowest BCUT2D eigenvalue weighted by molar-refractivity contribution is -0.137. The SMILES string of the molecule is CCCN(CCC(=O)Nc1nnc(-c2cccc(C)c2)s1)C(=O)c1ccc(C(F)(F)F)cc1. The van der Waals surface area contributed by atoms with Crippen LogP contribution in [0.5, 0.6) is 0 Å². The number of hydrogen-bond acceptors (Lipinski definition) is 5. The fraction of sp³-hybridized carbons (Fsp3) is 0.304. The van der Waals surface area contributed by atoms with Gasteiger partial charge in [-0.1, -0.05) is 42.0 Å². The van der Waals surface area contributed by atoms with Crippen molar-refractivity contribution in [2.45, 2.75) is 32.9 Å². The molecule has 0 aliphatic heterocycles. The highest BCUT2D eigenvalue weighted by molar-refractivity contribution is 7.18. The number of anilines is 1. The second-order valence-corrected chi connectivity index (χ2v) is 8.42. The average molecular weight is 477 g/mol. The summed E-state index contributed by atoms with van der Waals surface area (Å²) in [5, 5.41) is 11.8. The molecule has 2 amide bonds. The Kier molecular flexibility index (Phi) is 7.80. The highest BCUT2D eigenvalue weighted by atomic mass is 32.1. The standard InChI is InChI=1S/C23H23F3N4O2S/c1-3-12-30(21(32)16-7-9-18(10-8-16)23(24,25)26)13-11-19(31)27-22-29-28-20(33-22)17-6-4-5-15(2)14-17/h4-10,14H,3,11-13H2,1-2H3,(H,27,29,31). The van der Waals surface area contributed by atoms with E-state index in [1.807, 2.05) is 38.1 Å². The lowest BCUT2D eigenvalue weighted by Crippen LogP contribution is -2.34. The second kappa shape index (κ2) is 10.6. The van der Waals surface area contributed by atoms with Gasteiger partial charge in [0.05, 0.1) is 5.56 Å². The Morgan fingerprint density at radius 1 is 1.06 bits per heavy atom. The summed E-state index contributed by atoms with van der Waals surface area (Å²) in [7, 11) is 0. The molecule has 0 spiro atoms. The first kappa shape index (κ1) is 24.4. The van der Waals surface area contributed by atoms with Gasteiger partial charge < -0.3 is 10.2 Å². The van der Waals surface area contributed by atoms with Crippen LogP contribution < -0.4 is 5.32 Å². The van der Waals surface area contributed by atoms with Gasteiger partial charge in [-0.15, -0.1) is 10.2 Å². The van der Waals surface area contributed by atoms with Gasteiger partial charge in [0.25, 0.3) is 5.91 Å². The Morgan fingerprint density at radius 2 is 1.79 bits per heavy atom. The van der Waals surface area contributed by atoms with E-state index in [9.17, 15) is 22.8 Å². The van der Waals surface area contributed by atoms with Crippen LogP contribution in [-0.2, 0) is 11.0 Å². The Bertz CT molecular complexity index is 1110. The van der Waals surface area contributed by atoms with E-state index >= 15 is 0 Å². The summed E-state index contributed by atoms with van der Waals surface area (Å²) in [5.41, 5.74) is 1.32. The number of nitrogens with zero attached hydrogens (tertiary/aromatic N) is 3. The molecule has 33 heavy (non-hydrogen) atoms. The smallest absolute Gasteiger partial charge is 0.338 e. The maximum atomic E-state index is 12.8. The van der Waals surface area contributed by atoms with Crippen LogP contribution in [0.1, 0.15) is 41.3 Å². The molecule has 0 saturated carbocycles. The molecule has 3 rings (SSSR count). The molecule has 0 saturated heterocycles. The van der Waals surface area contributed by atoms with Gasteiger partial charge in [0.15, 0.2) is 0 Å². The molecule has 1 heterocycles. The van der Waals surface area contributed by atoms with Gasteiger partial charge in [0.1, 0.15) is 5.01 Å². The fourth-order valence-corrected chi connectivity index (χ4v) is 3.91. The predicted octanol–water partition coefficient (Wildman–Crippen LogP) is 5.41. The van der Waals surface area contributed by atoms with Crippen molar-refractivity contribution in [3.63, 3.8) is 0 Å². The molecule has 0 aliphatic rings. The number of carbonyl (C=O) groups excluding carboxylic acids is 2. The van der Waals surface area contributed by atoms with Crippen molar-refractivity contribution in [2.24, 2.45) is 0 Å². The van der Waals surface area contributed by atoms with Crippen LogP contribution in [0, 0.1) is 6.92 Å². The number of aryl methyl sites for hydroxylation is 1. The van der Waals surface area contributed by atoms with Crippen LogP contribution >= 0.6 is 11.3 Å². The molecule has 0 unspecified atom stereocenters. The highest BCUT2D eigenvalue weighted by Gasteiger charge is 2.30. The Hall–Kier alpha value is -3.27. The Balaban J connectivity index is 1.59. The predicted molar refractivity (Wildman–Crippen MR) is 121 cm³/mol. The van der Waals surface area contributed by atoms with Gasteiger partial charge in [-0.3, -0.25) is 9.59 Å². The highest BCUT2D eigenvalue weighted by Crippen LogP contribution is 2.29. The van der Waals surface area contributed by atoms with E-state index < -0.39 is 17.6 Å². The Morgan fingerprint density at radius 3 is 2.42 bits per heavy atom. The monoisotopic (exact) mass is 476 g/mol. The molecule has 0 aliphatic carbocycles. The van der Waals surface area contributed by atoms with Crippen LogP contribution in [0.25, 0.3) is 10.6 Å². The van der Waals surface area contributed by atoms with Crippen LogP contribution in [0.3, 0.4) is 0 Å². The molecular formula is C23H23F3N4O2S. The van der Waals surface area contributed by atoms with Gasteiger partial charge in [0, 0.05) is 30.6 Å². The number of amides is 2. The zero-order valence-corrected chi connectivity index (χ0v) is 19.0. The molecule has 0 bridgehead atoms. The fourth-order valence-electron chi connectivity index (χ4n) is 3.16. The number of rotatable bonds is 8. The summed E-state index contributed by atoms with van der Waals surface area (Å²) in [6.07, 6.45) is -3.80. The van der Waals surface area contributed by atoms with Gasteiger partial charge in [0.2, 0.25) is 11.0 Å². The number of benzene rings is 2. The quantitative estimate of drug-likeness (QED) is 0.472. The van der Waals surface area contributed by atoms with Crippen molar-refractivity contribution in [1.82, 2.24) is 15.1 Å². The molecule has 0 atom stereocenters. The summed E-state index contributed by atoms with van der Waals surface area (Å²) in [4.78, 5) is 26.6. The minimum absolute atomic E-state index is 0.0196. The van der Waals surface area contributed by atoms with Crippen LogP contribution in [0.15, 0.2) is 48.5 Å². The number of nitrogens with one attached hydrogen (secondary N) is 1. The average Bonchev–Trinajstić information content (AvgIpc) is 3.24. The first-order valence-corrected chi connectivity index (χ1v) is 11.2. The first-order chi connectivity index (χ1) is 15.7. The third-order valence-electron chi connectivity index (χ3n) is 4.79. The third-order valence-corrected chi connectivity index (χ3v) is 5.67. The van der Waals surface area contributed by atoms with E-state index in [2.05, 4.69) is 15.5 Å². The Labute approximate surface area is 193 Å².